The third kappa shape index (κ3) is 6.01. The number of aryl methyl sites for hydroxylation is 1. The Balaban J connectivity index is 2.53. The summed E-state index contributed by atoms with van der Waals surface area (Å²) in [6.45, 7) is 5.08. The SMILES string of the molecule is COCCN(CC(O)COc1ccccc1C)C(C)C(N)=O. The Bertz CT molecular complexity index is 467. The van der Waals surface area contributed by atoms with Crippen molar-refractivity contribution < 1.29 is 19.4 Å². The van der Waals surface area contributed by atoms with Gasteiger partial charge < -0.3 is 20.3 Å². The van der Waals surface area contributed by atoms with Crippen LogP contribution >= 0.6 is 0 Å². The van der Waals surface area contributed by atoms with E-state index in [2.05, 4.69) is 0 Å². The van der Waals surface area contributed by atoms with Crippen LogP contribution in [-0.2, 0) is 9.53 Å². The maximum atomic E-state index is 11.3. The summed E-state index contributed by atoms with van der Waals surface area (Å²) < 4.78 is 10.6. The van der Waals surface area contributed by atoms with Crippen LogP contribution in [0.5, 0.6) is 5.75 Å². The molecule has 0 aromatic heterocycles. The number of primary amides is 1. The van der Waals surface area contributed by atoms with Gasteiger partial charge in [-0.2, -0.15) is 0 Å². The fourth-order valence-electron chi connectivity index (χ4n) is 2.06. The van der Waals surface area contributed by atoms with Crippen LogP contribution in [0.3, 0.4) is 0 Å². The van der Waals surface area contributed by atoms with E-state index >= 15 is 0 Å². The number of para-hydroxylation sites is 1. The van der Waals surface area contributed by atoms with Crippen LogP contribution in [0, 0.1) is 6.92 Å². The highest BCUT2D eigenvalue weighted by atomic mass is 16.5. The predicted molar refractivity (Wildman–Crippen MR) is 84.8 cm³/mol. The molecule has 22 heavy (non-hydrogen) atoms. The second-order valence-corrected chi connectivity index (χ2v) is 5.30. The molecule has 0 aliphatic rings. The highest BCUT2D eigenvalue weighted by Gasteiger charge is 2.21. The van der Waals surface area contributed by atoms with E-state index in [9.17, 15) is 9.90 Å². The summed E-state index contributed by atoms with van der Waals surface area (Å²) in [5, 5.41) is 10.1. The third-order valence-electron chi connectivity index (χ3n) is 3.51. The van der Waals surface area contributed by atoms with Crippen molar-refractivity contribution in [1.82, 2.24) is 4.90 Å². The lowest BCUT2D eigenvalue weighted by Gasteiger charge is -2.28. The lowest BCUT2D eigenvalue weighted by molar-refractivity contribution is -0.123. The molecule has 1 rings (SSSR count). The summed E-state index contributed by atoms with van der Waals surface area (Å²) in [6.07, 6.45) is -0.724. The summed E-state index contributed by atoms with van der Waals surface area (Å²) >= 11 is 0. The van der Waals surface area contributed by atoms with Crippen LogP contribution in [0.4, 0.5) is 0 Å². The number of methoxy groups -OCH3 is 1. The van der Waals surface area contributed by atoms with Crippen molar-refractivity contribution in [2.24, 2.45) is 5.73 Å². The minimum Gasteiger partial charge on any atom is -0.491 e. The van der Waals surface area contributed by atoms with Gasteiger partial charge in [0.1, 0.15) is 18.5 Å². The second-order valence-electron chi connectivity index (χ2n) is 5.30. The molecule has 0 fully saturated rings. The van der Waals surface area contributed by atoms with Gasteiger partial charge in [-0.25, -0.2) is 0 Å². The molecule has 1 amide bonds. The molecule has 1 aromatic carbocycles. The zero-order chi connectivity index (χ0) is 16.5. The predicted octanol–water partition coefficient (Wildman–Crippen LogP) is 0.557. The number of aliphatic hydroxyl groups is 1. The summed E-state index contributed by atoms with van der Waals surface area (Å²) in [7, 11) is 1.59. The van der Waals surface area contributed by atoms with Crippen molar-refractivity contribution in [2.75, 3.05) is 33.4 Å². The Hall–Kier alpha value is -1.63. The van der Waals surface area contributed by atoms with Crippen molar-refractivity contribution in [1.29, 1.82) is 0 Å². The summed E-state index contributed by atoms with van der Waals surface area (Å²) in [5.74, 6) is 0.316. The highest BCUT2D eigenvalue weighted by Crippen LogP contribution is 2.16. The first-order valence-electron chi connectivity index (χ1n) is 7.34. The van der Waals surface area contributed by atoms with E-state index in [1.165, 1.54) is 0 Å². The van der Waals surface area contributed by atoms with Gasteiger partial charge in [-0.15, -0.1) is 0 Å². The van der Waals surface area contributed by atoms with E-state index in [4.69, 9.17) is 15.2 Å². The number of benzene rings is 1. The van der Waals surface area contributed by atoms with E-state index in [-0.39, 0.29) is 6.61 Å². The fraction of sp³-hybridized carbons (Fsp3) is 0.562. The molecule has 0 aliphatic carbocycles. The van der Waals surface area contributed by atoms with Crippen LogP contribution in [0.25, 0.3) is 0 Å². The molecule has 6 heteroatoms. The van der Waals surface area contributed by atoms with E-state index in [0.29, 0.717) is 19.7 Å². The maximum Gasteiger partial charge on any atom is 0.234 e. The maximum absolute atomic E-state index is 11.3. The zero-order valence-electron chi connectivity index (χ0n) is 13.5. The number of nitrogens with two attached hydrogens (primary N) is 1. The van der Waals surface area contributed by atoms with Gasteiger partial charge in [-0.05, 0) is 25.5 Å². The largest absolute Gasteiger partial charge is 0.491 e. The van der Waals surface area contributed by atoms with Gasteiger partial charge in [-0.3, -0.25) is 9.69 Å². The van der Waals surface area contributed by atoms with Crippen molar-refractivity contribution in [2.45, 2.75) is 26.0 Å². The highest BCUT2D eigenvalue weighted by molar-refractivity contribution is 5.79. The minimum absolute atomic E-state index is 0.153. The summed E-state index contributed by atoms with van der Waals surface area (Å²) in [5.41, 5.74) is 6.35. The Kier molecular flexibility index (Phi) is 7.87. The van der Waals surface area contributed by atoms with Gasteiger partial charge in [0.25, 0.3) is 0 Å². The van der Waals surface area contributed by atoms with E-state index in [1.807, 2.05) is 31.2 Å². The van der Waals surface area contributed by atoms with E-state index in [1.54, 1.807) is 18.9 Å². The van der Waals surface area contributed by atoms with Crippen LogP contribution in [0.2, 0.25) is 0 Å². The monoisotopic (exact) mass is 310 g/mol. The Morgan fingerprint density at radius 3 is 2.68 bits per heavy atom. The summed E-state index contributed by atoms with van der Waals surface area (Å²) in [6, 6.07) is 7.15. The molecular weight excluding hydrogens is 284 g/mol. The van der Waals surface area contributed by atoms with Crippen molar-refractivity contribution in [3.8, 4) is 5.75 Å². The molecule has 0 bridgehead atoms. The lowest BCUT2D eigenvalue weighted by Crippen LogP contribution is -2.48. The van der Waals surface area contributed by atoms with Gasteiger partial charge in [0.2, 0.25) is 5.91 Å². The number of carbonyl (C=O) groups excluding carboxylic acids is 1. The third-order valence-corrected chi connectivity index (χ3v) is 3.51. The van der Waals surface area contributed by atoms with Gasteiger partial charge in [0.05, 0.1) is 12.6 Å². The molecule has 2 unspecified atom stereocenters. The molecule has 0 radical (unpaired) electrons. The Morgan fingerprint density at radius 2 is 2.09 bits per heavy atom. The van der Waals surface area contributed by atoms with Crippen LogP contribution < -0.4 is 10.5 Å². The molecule has 0 aliphatic heterocycles. The van der Waals surface area contributed by atoms with Gasteiger partial charge in [0, 0.05) is 20.2 Å². The number of nitrogens with zero attached hydrogens (tertiary/aromatic N) is 1. The number of carbonyl (C=O) groups is 1. The molecule has 0 saturated heterocycles. The second kappa shape index (κ2) is 9.40. The van der Waals surface area contributed by atoms with E-state index < -0.39 is 18.1 Å². The van der Waals surface area contributed by atoms with Crippen LogP contribution in [0.15, 0.2) is 24.3 Å². The van der Waals surface area contributed by atoms with Crippen molar-refractivity contribution in [3.63, 3.8) is 0 Å². The smallest absolute Gasteiger partial charge is 0.234 e. The van der Waals surface area contributed by atoms with Crippen molar-refractivity contribution >= 4 is 5.91 Å². The summed E-state index contributed by atoms with van der Waals surface area (Å²) in [4.78, 5) is 13.1. The van der Waals surface area contributed by atoms with E-state index in [0.717, 1.165) is 11.3 Å². The normalized spacial score (nSPS) is 13.9. The molecule has 0 heterocycles. The number of amides is 1. The van der Waals surface area contributed by atoms with Gasteiger partial charge in [-0.1, -0.05) is 18.2 Å². The average Bonchev–Trinajstić information content (AvgIpc) is 2.49. The lowest BCUT2D eigenvalue weighted by atomic mass is 10.2. The number of hydrogen-bond acceptors (Lipinski definition) is 5. The molecule has 0 saturated carbocycles. The molecule has 124 valence electrons. The standard InChI is InChI=1S/C16H26N2O4/c1-12-6-4-5-7-15(12)22-11-14(19)10-18(8-9-21-3)13(2)16(17)20/h4-7,13-14,19H,8-11H2,1-3H3,(H2,17,20). The zero-order valence-corrected chi connectivity index (χ0v) is 13.5. The van der Waals surface area contributed by atoms with Gasteiger partial charge in [0.15, 0.2) is 0 Å². The molecular formula is C16H26N2O4. The Morgan fingerprint density at radius 1 is 1.41 bits per heavy atom. The number of rotatable bonds is 10. The number of hydrogen-bond donors (Lipinski definition) is 2. The average molecular weight is 310 g/mol. The molecule has 6 nitrogen and oxygen atoms in total. The molecule has 3 N–H and O–H groups in total. The topological polar surface area (TPSA) is 85.0 Å². The Labute approximate surface area is 131 Å². The fourth-order valence-corrected chi connectivity index (χ4v) is 2.06. The van der Waals surface area contributed by atoms with Crippen LogP contribution in [-0.4, -0.2) is 61.5 Å². The van der Waals surface area contributed by atoms with Crippen molar-refractivity contribution in [3.05, 3.63) is 29.8 Å². The molecule has 0 spiro atoms. The number of aliphatic hydroxyl groups excluding tert-OH is 1. The quantitative estimate of drug-likeness (QED) is 0.659. The number of ether oxygens (including phenoxy) is 2. The first kappa shape index (κ1) is 18.4. The molecule has 2 atom stereocenters. The first-order chi connectivity index (χ1) is 10.5. The molecule has 1 aromatic rings. The van der Waals surface area contributed by atoms with Gasteiger partial charge >= 0.3 is 0 Å². The minimum atomic E-state index is -0.724. The van der Waals surface area contributed by atoms with Crippen LogP contribution in [0.1, 0.15) is 12.5 Å². The first-order valence-corrected chi connectivity index (χ1v) is 7.34.